The van der Waals surface area contributed by atoms with Gasteiger partial charge in [0.15, 0.2) is 0 Å². The molecule has 4 rings (SSSR count). The fraction of sp³-hybridized carbons (Fsp3) is 0.222. The van der Waals surface area contributed by atoms with Crippen molar-refractivity contribution < 1.29 is 9.53 Å². The smallest absolute Gasteiger partial charge is 0.322 e. The van der Waals surface area contributed by atoms with Crippen molar-refractivity contribution in [1.82, 2.24) is 14.5 Å². The minimum absolute atomic E-state index is 0.232. The number of benzene rings is 3. The van der Waals surface area contributed by atoms with E-state index in [0.29, 0.717) is 46.3 Å². The molecule has 0 aliphatic carbocycles. The number of methoxy groups -OCH3 is 1. The van der Waals surface area contributed by atoms with Crippen LogP contribution in [0, 0.1) is 0 Å². The monoisotopic (exact) mass is 522 g/mol. The molecule has 36 heavy (non-hydrogen) atoms. The number of hydrogen-bond acceptors (Lipinski definition) is 5. The van der Waals surface area contributed by atoms with E-state index in [4.69, 9.17) is 21.3 Å². The third-order valence-corrected chi connectivity index (χ3v) is 6.83. The zero-order valence-corrected chi connectivity index (χ0v) is 21.8. The topological polar surface area (TPSA) is 76.5 Å². The van der Waals surface area contributed by atoms with E-state index in [1.807, 2.05) is 43.5 Å². The summed E-state index contributed by atoms with van der Waals surface area (Å²) in [4.78, 5) is 34.7. The summed E-state index contributed by atoms with van der Waals surface area (Å²) >= 11 is 7.89. The average molecular weight is 523 g/mol. The van der Waals surface area contributed by atoms with Gasteiger partial charge in [-0.05, 0) is 67.8 Å². The molecule has 7 nitrogen and oxygen atoms in total. The Hall–Kier alpha value is -3.33. The summed E-state index contributed by atoms with van der Waals surface area (Å²) in [6.07, 6.45) is 2.00. The van der Waals surface area contributed by atoms with E-state index in [2.05, 4.69) is 5.32 Å². The molecule has 0 bridgehead atoms. The van der Waals surface area contributed by atoms with Crippen LogP contribution in [0.25, 0.3) is 16.6 Å². The van der Waals surface area contributed by atoms with Gasteiger partial charge in [-0.1, -0.05) is 29.8 Å². The lowest BCUT2D eigenvalue weighted by molar-refractivity contribution is 0.137. The van der Waals surface area contributed by atoms with Crippen molar-refractivity contribution in [2.75, 3.05) is 31.8 Å². The van der Waals surface area contributed by atoms with Crippen LogP contribution in [0.15, 0.2) is 82.5 Å². The Labute approximate surface area is 219 Å². The molecule has 0 radical (unpaired) electrons. The van der Waals surface area contributed by atoms with Crippen molar-refractivity contribution >= 4 is 46.0 Å². The highest BCUT2D eigenvalue weighted by Crippen LogP contribution is 2.25. The Morgan fingerprint density at radius 1 is 1.14 bits per heavy atom. The first-order valence-corrected chi connectivity index (χ1v) is 13.0. The molecule has 0 saturated carbocycles. The normalized spacial score (nSPS) is 11.9. The molecule has 4 aromatic rings. The third-order valence-electron chi connectivity index (χ3n) is 5.85. The molecular formula is C27H27ClN4O3S. The fourth-order valence-corrected chi connectivity index (χ4v) is 4.56. The Kier molecular flexibility index (Phi) is 8.30. The van der Waals surface area contributed by atoms with Gasteiger partial charge < -0.3 is 15.0 Å². The second-order valence-corrected chi connectivity index (χ2v) is 9.44. The highest BCUT2D eigenvalue weighted by Gasteiger charge is 2.27. The van der Waals surface area contributed by atoms with Gasteiger partial charge in [0, 0.05) is 29.3 Å². The number of hydrogen-bond donors (Lipinski definition) is 1. The van der Waals surface area contributed by atoms with Crippen LogP contribution in [0.1, 0.15) is 18.8 Å². The van der Waals surface area contributed by atoms with Crippen molar-refractivity contribution in [1.29, 1.82) is 0 Å². The van der Waals surface area contributed by atoms with E-state index in [9.17, 15) is 9.59 Å². The summed E-state index contributed by atoms with van der Waals surface area (Å²) in [5.41, 5.74) is 1.57. The number of amides is 2. The van der Waals surface area contributed by atoms with Crippen LogP contribution in [-0.2, 0) is 4.74 Å². The van der Waals surface area contributed by atoms with Gasteiger partial charge in [0.2, 0.25) is 0 Å². The number of fused-ring (bicyclic) bond motifs is 1. The molecule has 1 N–H and O–H groups in total. The van der Waals surface area contributed by atoms with Crippen molar-refractivity contribution in [2.45, 2.75) is 17.9 Å². The summed E-state index contributed by atoms with van der Waals surface area (Å²) in [5, 5.41) is 3.93. The van der Waals surface area contributed by atoms with Gasteiger partial charge >= 0.3 is 6.03 Å². The molecule has 0 aliphatic heterocycles. The number of carbonyl (C=O) groups excluding carboxylic acids is 1. The Bertz CT molecular complexity index is 1420. The van der Waals surface area contributed by atoms with Crippen LogP contribution < -0.4 is 10.9 Å². The molecule has 9 heteroatoms. The van der Waals surface area contributed by atoms with Gasteiger partial charge in [-0.2, -0.15) is 0 Å². The van der Waals surface area contributed by atoms with E-state index in [1.54, 1.807) is 66.2 Å². The van der Waals surface area contributed by atoms with Gasteiger partial charge in [0.1, 0.15) is 5.82 Å². The van der Waals surface area contributed by atoms with E-state index in [0.717, 1.165) is 4.90 Å². The van der Waals surface area contributed by atoms with Crippen molar-refractivity contribution in [3.8, 4) is 5.69 Å². The predicted molar refractivity (Wildman–Crippen MR) is 147 cm³/mol. The van der Waals surface area contributed by atoms with Gasteiger partial charge in [0.05, 0.1) is 29.2 Å². The molecule has 186 valence electrons. The number of nitrogens with zero attached hydrogens (tertiary/aromatic N) is 3. The number of halogens is 1. The first-order valence-electron chi connectivity index (χ1n) is 11.4. The number of nitrogens with one attached hydrogen (secondary N) is 1. The average Bonchev–Trinajstić information content (AvgIpc) is 2.89. The maximum absolute atomic E-state index is 13.7. The summed E-state index contributed by atoms with van der Waals surface area (Å²) < 4.78 is 6.81. The third kappa shape index (κ3) is 5.56. The lowest BCUT2D eigenvalue weighted by atomic mass is 10.2. The standard InChI is InChI=1S/C27H27ClN4O3S/c1-18(31(15-16-35-2)27(34)29-20-11-13-22(36-3)14-12-20)25-30-24-10-5-4-9-23(24)26(33)32(25)21-8-6-7-19(28)17-21/h4-14,17-18H,15-16H2,1-3H3,(H,29,34). The van der Waals surface area contributed by atoms with E-state index in [-0.39, 0.29) is 11.6 Å². The van der Waals surface area contributed by atoms with Crippen molar-refractivity contribution in [2.24, 2.45) is 0 Å². The number of ether oxygens (including phenoxy) is 1. The van der Waals surface area contributed by atoms with Gasteiger partial charge in [-0.25, -0.2) is 9.78 Å². The number of anilines is 1. The van der Waals surface area contributed by atoms with E-state index < -0.39 is 6.04 Å². The first kappa shape index (κ1) is 25.8. The van der Waals surface area contributed by atoms with Crippen LogP contribution in [0.4, 0.5) is 10.5 Å². The highest BCUT2D eigenvalue weighted by molar-refractivity contribution is 7.98. The van der Waals surface area contributed by atoms with Gasteiger partial charge in [0.25, 0.3) is 5.56 Å². The SMILES string of the molecule is COCCN(C(=O)Nc1ccc(SC)cc1)C(C)c1nc2ccccc2c(=O)n1-c1cccc(Cl)c1. The van der Waals surface area contributed by atoms with Crippen LogP contribution in [0.2, 0.25) is 5.02 Å². The summed E-state index contributed by atoms with van der Waals surface area (Å²) in [5.74, 6) is 0.421. The number of para-hydroxylation sites is 1. The van der Waals surface area contributed by atoms with Crippen LogP contribution in [0.3, 0.4) is 0 Å². The maximum Gasteiger partial charge on any atom is 0.322 e. The zero-order chi connectivity index (χ0) is 25.7. The van der Waals surface area contributed by atoms with Crippen LogP contribution in [-0.4, -0.2) is 47.0 Å². The first-order chi connectivity index (χ1) is 17.4. The molecule has 1 atom stereocenters. The molecule has 2 amide bonds. The number of urea groups is 1. The molecule has 0 fully saturated rings. The van der Waals surface area contributed by atoms with Crippen molar-refractivity contribution in [3.05, 3.63) is 94.0 Å². The number of thioether (sulfide) groups is 1. The van der Waals surface area contributed by atoms with Gasteiger partial charge in [-0.15, -0.1) is 11.8 Å². The van der Waals surface area contributed by atoms with E-state index >= 15 is 0 Å². The molecule has 0 spiro atoms. The molecule has 0 saturated heterocycles. The quantitative estimate of drug-likeness (QED) is 0.287. The minimum atomic E-state index is -0.568. The van der Waals surface area contributed by atoms with Gasteiger partial charge in [-0.3, -0.25) is 9.36 Å². The van der Waals surface area contributed by atoms with E-state index in [1.165, 1.54) is 4.57 Å². The molecule has 1 unspecified atom stereocenters. The Morgan fingerprint density at radius 3 is 2.58 bits per heavy atom. The largest absolute Gasteiger partial charge is 0.383 e. The second kappa shape index (κ2) is 11.6. The minimum Gasteiger partial charge on any atom is -0.383 e. The Balaban J connectivity index is 1.79. The van der Waals surface area contributed by atoms with Crippen molar-refractivity contribution in [3.63, 3.8) is 0 Å². The zero-order valence-electron chi connectivity index (χ0n) is 20.3. The van der Waals surface area contributed by atoms with Crippen LogP contribution in [0.5, 0.6) is 0 Å². The number of carbonyl (C=O) groups is 1. The predicted octanol–water partition coefficient (Wildman–Crippen LogP) is 6.00. The second-order valence-electron chi connectivity index (χ2n) is 8.13. The number of rotatable bonds is 8. The lowest BCUT2D eigenvalue weighted by Crippen LogP contribution is -2.41. The molecule has 1 heterocycles. The summed E-state index contributed by atoms with van der Waals surface area (Å²) in [7, 11) is 1.58. The molecule has 0 aliphatic rings. The molecular weight excluding hydrogens is 496 g/mol. The number of aromatic nitrogens is 2. The fourth-order valence-electron chi connectivity index (χ4n) is 3.96. The summed E-state index contributed by atoms with van der Waals surface area (Å²) in [6, 6.07) is 20.9. The summed E-state index contributed by atoms with van der Waals surface area (Å²) in [6.45, 7) is 2.46. The lowest BCUT2D eigenvalue weighted by Gasteiger charge is -2.30. The Morgan fingerprint density at radius 2 is 1.89 bits per heavy atom. The maximum atomic E-state index is 13.7. The van der Waals surface area contributed by atoms with Crippen LogP contribution >= 0.6 is 23.4 Å². The highest BCUT2D eigenvalue weighted by atomic mass is 35.5. The molecule has 1 aromatic heterocycles. The molecule has 3 aromatic carbocycles.